The fraction of sp³-hybridized carbons (Fsp3) is 0.571. The van der Waals surface area contributed by atoms with Crippen LogP contribution in [0.4, 0.5) is 5.82 Å². The molecule has 1 saturated carbocycles. The lowest BCUT2D eigenvalue weighted by molar-refractivity contribution is -0.0976. The minimum atomic E-state index is -0.939. The quantitative estimate of drug-likeness (QED) is 0.854. The van der Waals surface area contributed by atoms with Gasteiger partial charge in [0.15, 0.2) is 0 Å². The molecular weight excluding hydrogens is 244 g/mol. The molecule has 0 spiro atoms. The van der Waals surface area contributed by atoms with E-state index in [0.29, 0.717) is 12.4 Å². The number of rotatable bonds is 5. The lowest BCUT2D eigenvalue weighted by Gasteiger charge is -2.51. The topological polar surface area (TPSA) is 71.5 Å². The van der Waals surface area contributed by atoms with Crippen LogP contribution >= 0.6 is 0 Å². The fourth-order valence-corrected chi connectivity index (χ4v) is 2.44. The predicted octanol–water partition coefficient (Wildman–Crippen LogP) is 2.40. The third kappa shape index (κ3) is 2.71. The summed E-state index contributed by atoms with van der Waals surface area (Å²) in [6.07, 6.45) is 2.68. The minimum absolute atomic E-state index is 0.0247. The molecule has 0 amide bonds. The SMILES string of the molecule is CCOC1CC(Nc2cc(C(=O)O)ccn2)C1(C)C. The maximum absolute atomic E-state index is 10.9. The summed E-state index contributed by atoms with van der Waals surface area (Å²) in [6.45, 7) is 7.01. The van der Waals surface area contributed by atoms with Crippen LogP contribution in [0.15, 0.2) is 18.3 Å². The first-order chi connectivity index (χ1) is 8.95. The molecule has 0 aliphatic heterocycles. The van der Waals surface area contributed by atoms with Crippen LogP contribution in [0.3, 0.4) is 0 Å². The summed E-state index contributed by atoms with van der Waals surface area (Å²) in [6, 6.07) is 3.30. The lowest BCUT2D eigenvalue weighted by atomic mass is 9.64. The Labute approximate surface area is 113 Å². The molecule has 0 radical (unpaired) electrons. The second kappa shape index (κ2) is 5.17. The van der Waals surface area contributed by atoms with Gasteiger partial charge in [0.1, 0.15) is 5.82 Å². The normalized spacial score (nSPS) is 24.6. The number of carboxylic acids is 1. The van der Waals surface area contributed by atoms with Crippen LogP contribution in [0, 0.1) is 5.41 Å². The van der Waals surface area contributed by atoms with Gasteiger partial charge in [0.05, 0.1) is 11.7 Å². The van der Waals surface area contributed by atoms with Crippen molar-refractivity contribution >= 4 is 11.8 Å². The van der Waals surface area contributed by atoms with Crippen LogP contribution in [0.25, 0.3) is 0 Å². The number of aromatic nitrogens is 1. The van der Waals surface area contributed by atoms with Gasteiger partial charge in [-0.2, -0.15) is 0 Å². The van der Waals surface area contributed by atoms with Crippen LogP contribution < -0.4 is 5.32 Å². The Balaban J connectivity index is 2.03. The van der Waals surface area contributed by atoms with E-state index in [1.165, 1.54) is 12.3 Å². The molecule has 0 saturated heterocycles. The van der Waals surface area contributed by atoms with E-state index in [0.717, 1.165) is 6.42 Å². The molecule has 2 rings (SSSR count). The summed E-state index contributed by atoms with van der Waals surface area (Å²) >= 11 is 0. The first kappa shape index (κ1) is 13.8. The van der Waals surface area contributed by atoms with Crippen molar-refractivity contribution in [2.75, 3.05) is 11.9 Å². The molecule has 5 heteroatoms. The standard InChI is InChI=1S/C14H20N2O3/c1-4-19-11-8-10(14(11,2)3)16-12-7-9(13(17)18)5-6-15-12/h5-7,10-11H,4,8H2,1-3H3,(H,15,16)(H,17,18). The minimum Gasteiger partial charge on any atom is -0.478 e. The molecule has 1 aliphatic carbocycles. The summed E-state index contributed by atoms with van der Waals surface area (Å²) in [4.78, 5) is 15.1. The largest absolute Gasteiger partial charge is 0.478 e. The first-order valence-electron chi connectivity index (χ1n) is 6.52. The molecule has 19 heavy (non-hydrogen) atoms. The van der Waals surface area contributed by atoms with Crippen molar-refractivity contribution < 1.29 is 14.6 Å². The number of nitrogens with one attached hydrogen (secondary N) is 1. The molecule has 1 aliphatic rings. The average Bonchev–Trinajstić information content (AvgIpc) is 2.38. The van der Waals surface area contributed by atoms with Crippen molar-refractivity contribution in [2.24, 2.45) is 5.41 Å². The van der Waals surface area contributed by atoms with Gasteiger partial charge in [-0.3, -0.25) is 0 Å². The van der Waals surface area contributed by atoms with Crippen molar-refractivity contribution in [1.29, 1.82) is 0 Å². The number of pyridine rings is 1. The highest BCUT2D eigenvalue weighted by molar-refractivity contribution is 5.88. The van der Waals surface area contributed by atoms with E-state index < -0.39 is 5.97 Å². The van der Waals surface area contributed by atoms with Gasteiger partial charge >= 0.3 is 5.97 Å². The van der Waals surface area contributed by atoms with E-state index in [-0.39, 0.29) is 23.1 Å². The van der Waals surface area contributed by atoms with E-state index in [1.54, 1.807) is 6.07 Å². The maximum atomic E-state index is 10.9. The summed E-state index contributed by atoms with van der Waals surface area (Å²) in [5.74, 6) is -0.335. The number of carbonyl (C=O) groups is 1. The van der Waals surface area contributed by atoms with Crippen molar-refractivity contribution in [3.05, 3.63) is 23.9 Å². The second-order valence-electron chi connectivity index (χ2n) is 5.43. The summed E-state index contributed by atoms with van der Waals surface area (Å²) < 4.78 is 5.67. The van der Waals surface area contributed by atoms with Gasteiger partial charge in [0.2, 0.25) is 0 Å². The molecule has 1 fully saturated rings. The molecule has 1 aromatic heterocycles. The zero-order valence-electron chi connectivity index (χ0n) is 11.5. The van der Waals surface area contributed by atoms with Crippen LogP contribution in [0.1, 0.15) is 37.6 Å². The summed E-state index contributed by atoms with van der Waals surface area (Å²) in [5.41, 5.74) is 0.271. The Bertz CT molecular complexity index is 474. The summed E-state index contributed by atoms with van der Waals surface area (Å²) in [5, 5.41) is 12.3. The highest BCUT2D eigenvalue weighted by Gasteiger charge is 2.49. The highest BCUT2D eigenvalue weighted by Crippen LogP contribution is 2.44. The van der Waals surface area contributed by atoms with Crippen molar-refractivity contribution in [3.8, 4) is 0 Å². The maximum Gasteiger partial charge on any atom is 0.335 e. The lowest BCUT2D eigenvalue weighted by Crippen LogP contribution is -2.58. The Kier molecular flexibility index (Phi) is 3.75. The van der Waals surface area contributed by atoms with Gasteiger partial charge in [-0.25, -0.2) is 9.78 Å². The van der Waals surface area contributed by atoms with E-state index in [9.17, 15) is 4.79 Å². The Morgan fingerprint density at radius 3 is 2.95 bits per heavy atom. The van der Waals surface area contributed by atoms with Crippen LogP contribution in [0.5, 0.6) is 0 Å². The molecule has 104 valence electrons. The average molecular weight is 264 g/mol. The second-order valence-corrected chi connectivity index (χ2v) is 5.43. The third-order valence-corrected chi connectivity index (χ3v) is 3.87. The Hall–Kier alpha value is -1.62. The monoisotopic (exact) mass is 264 g/mol. The van der Waals surface area contributed by atoms with E-state index in [1.807, 2.05) is 6.92 Å². The van der Waals surface area contributed by atoms with E-state index in [2.05, 4.69) is 24.1 Å². The predicted molar refractivity (Wildman–Crippen MR) is 72.4 cm³/mol. The number of carboxylic acid groups (broad SMARTS) is 1. The molecule has 2 atom stereocenters. The summed E-state index contributed by atoms with van der Waals surface area (Å²) in [7, 11) is 0. The van der Waals surface area contributed by atoms with Gasteiger partial charge in [0, 0.05) is 24.3 Å². The molecular formula is C14H20N2O3. The number of hydrogen-bond acceptors (Lipinski definition) is 4. The van der Waals surface area contributed by atoms with Gasteiger partial charge < -0.3 is 15.2 Å². The molecule has 0 aromatic carbocycles. The molecule has 1 heterocycles. The molecule has 5 nitrogen and oxygen atoms in total. The number of hydrogen-bond donors (Lipinski definition) is 2. The number of nitrogens with zero attached hydrogens (tertiary/aromatic N) is 1. The Morgan fingerprint density at radius 2 is 2.37 bits per heavy atom. The zero-order valence-corrected chi connectivity index (χ0v) is 11.5. The first-order valence-corrected chi connectivity index (χ1v) is 6.52. The van der Waals surface area contributed by atoms with Crippen molar-refractivity contribution in [3.63, 3.8) is 0 Å². The van der Waals surface area contributed by atoms with E-state index in [4.69, 9.17) is 9.84 Å². The van der Waals surface area contributed by atoms with Crippen LogP contribution in [-0.2, 0) is 4.74 Å². The Morgan fingerprint density at radius 1 is 1.63 bits per heavy atom. The third-order valence-electron chi connectivity index (χ3n) is 3.87. The van der Waals surface area contributed by atoms with Crippen molar-refractivity contribution in [2.45, 2.75) is 39.3 Å². The zero-order chi connectivity index (χ0) is 14.0. The molecule has 2 unspecified atom stereocenters. The molecule has 0 bridgehead atoms. The fourth-order valence-electron chi connectivity index (χ4n) is 2.44. The van der Waals surface area contributed by atoms with Gasteiger partial charge in [-0.05, 0) is 25.5 Å². The number of anilines is 1. The van der Waals surface area contributed by atoms with Crippen molar-refractivity contribution in [1.82, 2.24) is 4.98 Å². The van der Waals surface area contributed by atoms with Gasteiger partial charge in [-0.1, -0.05) is 13.8 Å². The smallest absolute Gasteiger partial charge is 0.335 e. The number of aromatic carboxylic acids is 1. The van der Waals surface area contributed by atoms with E-state index >= 15 is 0 Å². The van der Waals surface area contributed by atoms with Crippen LogP contribution in [-0.4, -0.2) is 34.8 Å². The molecule has 2 N–H and O–H groups in total. The van der Waals surface area contributed by atoms with Crippen LogP contribution in [0.2, 0.25) is 0 Å². The highest BCUT2D eigenvalue weighted by atomic mass is 16.5. The molecule has 1 aromatic rings. The number of ether oxygens (including phenoxy) is 1. The van der Waals surface area contributed by atoms with Gasteiger partial charge in [-0.15, -0.1) is 0 Å². The van der Waals surface area contributed by atoms with Gasteiger partial charge in [0.25, 0.3) is 0 Å².